The molecule has 0 heterocycles. The molecule has 2 aromatic rings. The van der Waals surface area contributed by atoms with Crippen molar-refractivity contribution in [3.05, 3.63) is 62.5 Å². The molecule has 0 radical (unpaired) electrons. The molecule has 1 N–H and O–H groups in total. The number of benzene rings is 2. The maximum absolute atomic E-state index is 12.1. The first-order chi connectivity index (χ1) is 9.37. The highest BCUT2D eigenvalue weighted by atomic mass is 79.9. The van der Waals surface area contributed by atoms with Crippen LogP contribution in [0.5, 0.6) is 0 Å². The average Bonchev–Trinajstić information content (AvgIpc) is 2.36. The summed E-state index contributed by atoms with van der Waals surface area (Å²) in [4.78, 5) is 0.203. The lowest BCUT2D eigenvalue weighted by Gasteiger charge is -2.08. The molecule has 0 aliphatic carbocycles. The molecule has 0 aliphatic heterocycles. The number of nitrogens with one attached hydrogen (secondary N) is 1. The summed E-state index contributed by atoms with van der Waals surface area (Å²) >= 11 is 15.0. The first-order valence-corrected chi connectivity index (χ1v) is 8.60. The second kappa shape index (κ2) is 6.45. The quantitative estimate of drug-likeness (QED) is 0.843. The van der Waals surface area contributed by atoms with Gasteiger partial charge in [0.15, 0.2) is 0 Å². The van der Waals surface area contributed by atoms with Crippen LogP contribution >= 0.6 is 39.1 Å². The fourth-order valence-corrected chi connectivity index (χ4v) is 3.44. The van der Waals surface area contributed by atoms with Crippen LogP contribution in [0.15, 0.2) is 51.8 Å². The summed E-state index contributed by atoms with van der Waals surface area (Å²) in [5, 5.41) is 0.936. The summed E-state index contributed by atoms with van der Waals surface area (Å²) < 4.78 is 27.5. The second-order valence-electron chi connectivity index (χ2n) is 4.06. The van der Waals surface area contributed by atoms with Crippen molar-refractivity contribution in [3.8, 4) is 0 Å². The van der Waals surface area contributed by atoms with Gasteiger partial charge in [-0.3, -0.25) is 0 Å². The number of rotatable bonds is 4. The molecule has 7 heteroatoms. The summed E-state index contributed by atoms with van der Waals surface area (Å²) in [6, 6.07) is 11.3. The first kappa shape index (κ1) is 15.8. The van der Waals surface area contributed by atoms with Gasteiger partial charge in [-0.1, -0.05) is 39.1 Å². The molecule has 0 spiro atoms. The van der Waals surface area contributed by atoms with Crippen LogP contribution in [-0.4, -0.2) is 8.42 Å². The van der Waals surface area contributed by atoms with Crippen molar-refractivity contribution < 1.29 is 8.42 Å². The maximum atomic E-state index is 12.1. The van der Waals surface area contributed by atoms with Gasteiger partial charge in [0.1, 0.15) is 0 Å². The molecular weight excluding hydrogens is 385 g/mol. The summed E-state index contributed by atoms with van der Waals surface area (Å²) in [7, 11) is -3.56. The molecule has 20 heavy (non-hydrogen) atoms. The lowest BCUT2D eigenvalue weighted by molar-refractivity contribution is 0.581. The lowest BCUT2D eigenvalue weighted by atomic mass is 10.2. The molecule has 0 aromatic heterocycles. The van der Waals surface area contributed by atoms with E-state index in [9.17, 15) is 8.42 Å². The Morgan fingerprint density at radius 2 is 1.55 bits per heavy atom. The van der Waals surface area contributed by atoms with E-state index in [0.717, 1.165) is 4.47 Å². The third-order valence-electron chi connectivity index (χ3n) is 2.51. The summed E-state index contributed by atoms with van der Waals surface area (Å²) in [5.74, 6) is 0. The Hall–Kier alpha value is -0.590. The van der Waals surface area contributed by atoms with Gasteiger partial charge in [0, 0.05) is 21.1 Å². The van der Waals surface area contributed by atoms with Gasteiger partial charge in [0.2, 0.25) is 10.0 Å². The molecule has 3 nitrogen and oxygen atoms in total. The van der Waals surface area contributed by atoms with E-state index < -0.39 is 10.0 Å². The molecule has 0 aliphatic rings. The van der Waals surface area contributed by atoms with Gasteiger partial charge in [-0.2, -0.15) is 0 Å². The first-order valence-electron chi connectivity index (χ1n) is 5.57. The minimum absolute atomic E-state index is 0.124. The van der Waals surface area contributed by atoms with Crippen molar-refractivity contribution in [2.45, 2.75) is 11.4 Å². The summed E-state index contributed by atoms with van der Waals surface area (Å²) in [6.07, 6.45) is 0. The zero-order valence-corrected chi connectivity index (χ0v) is 14.0. The van der Waals surface area contributed by atoms with Crippen molar-refractivity contribution in [2.75, 3.05) is 0 Å². The second-order valence-corrected chi connectivity index (χ2v) is 7.61. The van der Waals surface area contributed by atoms with Gasteiger partial charge in [-0.15, -0.1) is 0 Å². The zero-order chi connectivity index (χ0) is 14.8. The molecule has 2 rings (SSSR count). The van der Waals surface area contributed by atoms with Gasteiger partial charge in [0.05, 0.1) is 4.90 Å². The minimum atomic E-state index is -3.56. The van der Waals surface area contributed by atoms with Gasteiger partial charge in [-0.05, 0) is 48.0 Å². The topological polar surface area (TPSA) is 46.2 Å². The predicted octanol–water partition coefficient (Wildman–Crippen LogP) is 4.23. The number of sulfonamides is 1. The molecule has 106 valence electrons. The maximum Gasteiger partial charge on any atom is 0.240 e. The number of hydrogen-bond donors (Lipinski definition) is 1. The van der Waals surface area contributed by atoms with Crippen molar-refractivity contribution in [1.82, 2.24) is 4.72 Å². The number of hydrogen-bond acceptors (Lipinski definition) is 2. The van der Waals surface area contributed by atoms with Crippen LogP contribution in [0.3, 0.4) is 0 Å². The normalized spacial score (nSPS) is 11.6. The molecular formula is C13H10BrCl2NO2S. The molecule has 2 aromatic carbocycles. The largest absolute Gasteiger partial charge is 0.240 e. The van der Waals surface area contributed by atoms with Gasteiger partial charge in [0.25, 0.3) is 0 Å². The highest BCUT2D eigenvalue weighted by Gasteiger charge is 2.13. The van der Waals surface area contributed by atoms with Crippen LogP contribution in [0, 0.1) is 0 Å². The van der Waals surface area contributed by atoms with Crippen molar-refractivity contribution in [1.29, 1.82) is 0 Å². The lowest BCUT2D eigenvalue weighted by Crippen LogP contribution is -2.23. The molecule has 0 amide bonds. The highest BCUT2D eigenvalue weighted by molar-refractivity contribution is 9.10. The zero-order valence-electron chi connectivity index (χ0n) is 10.1. The Balaban J connectivity index is 2.15. The monoisotopic (exact) mass is 393 g/mol. The third kappa shape index (κ3) is 4.20. The summed E-state index contributed by atoms with van der Waals surface area (Å²) in [6.45, 7) is 0.124. The van der Waals surface area contributed by atoms with E-state index in [1.807, 2.05) is 0 Å². The van der Waals surface area contributed by atoms with Gasteiger partial charge >= 0.3 is 0 Å². The van der Waals surface area contributed by atoms with E-state index in [1.165, 1.54) is 12.1 Å². The SMILES string of the molecule is O=S(=O)(NCc1cc(Cl)cc(Cl)c1)c1ccc(Br)cc1. The summed E-state index contributed by atoms with van der Waals surface area (Å²) in [5.41, 5.74) is 0.697. The Kier molecular flexibility index (Phi) is 5.09. The van der Waals surface area contributed by atoms with Crippen LogP contribution < -0.4 is 4.72 Å². The molecule has 0 saturated carbocycles. The van der Waals surface area contributed by atoms with Crippen LogP contribution in [0.25, 0.3) is 0 Å². The Labute approximate surface area is 136 Å². The van der Waals surface area contributed by atoms with Gasteiger partial charge < -0.3 is 0 Å². The number of halogens is 3. The minimum Gasteiger partial charge on any atom is -0.207 e. The third-order valence-corrected chi connectivity index (χ3v) is 4.89. The predicted molar refractivity (Wildman–Crippen MR) is 84.6 cm³/mol. The van der Waals surface area contributed by atoms with Crippen molar-refractivity contribution in [2.24, 2.45) is 0 Å². The van der Waals surface area contributed by atoms with E-state index in [4.69, 9.17) is 23.2 Å². The average molecular weight is 395 g/mol. The van der Waals surface area contributed by atoms with Crippen molar-refractivity contribution >= 4 is 49.2 Å². The van der Waals surface area contributed by atoms with Crippen LogP contribution in [0.1, 0.15) is 5.56 Å². The Bertz CT molecular complexity index is 697. The van der Waals surface area contributed by atoms with Crippen LogP contribution in [-0.2, 0) is 16.6 Å². The fraction of sp³-hybridized carbons (Fsp3) is 0.0769. The van der Waals surface area contributed by atoms with E-state index in [1.54, 1.807) is 30.3 Å². The molecule has 0 fully saturated rings. The highest BCUT2D eigenvalue weighted by Crippen LogP contribution is 2.20. The van der Waals surface area contributed by atoms with Gasteiger partial charge in [-0.25, -0.2) is 13.1 Å². The van der Waals surface area contributed by atoms with E-state index in [2.05, 4.69) is 20.7 Å². The molecule has 0 atom stereocenters. The molecule has 0 unspecified atom stereocenters. The standard InChI is InChI=1S/C13H10BrCl2NO2S/c14-10-1-3-13(4-2-10)20(18,19)17-8-9-5-11(15)7-12(16)6-9/h1-7,17H,8H2. The van der Waals surface area contributed by atoms with E-state index >= 15 is 0 Å². The van der Waals surface area contributed by atoms with Crippen LogP contribution in [0.2, 0.25) is 10.0 Å². The fourth-order valence-electron chi connectivity index (χ4n) is 1.59. The Morgan fingerprint density at radius 1 is 1.00 bits per heavy atom. The van der Waals surface area contributed by atoms with E-state index in [0.29, 0.717) is 15.6 Å². The Morgan fingerprint density at radius 3 is 2.10 bits per heavy atom. The van der Waals surface area contributed by atoms with Crippen molar-refractivity contribution in [3.63, 3.8) is 0 Å². The molecule has 0 bridgehead atoms. The van der Waals surface area contributed by atoms with Crippen LogP contribution in [0.4, 0.5) is 0 Å². The molecule has 0 saturated heterocycles. The smallest absolute Gasteiger partial charge is 0.207 e. The van der Waals surface area contributed by atoms with E-state index in [-0.39, 0.29) is 11.4 Å².